The van der Waals surface area contributed by atoms with Crippen LogP contribution in [0.15, 0.2) is 48.5 Å². The topological polar surface area (TPSA) is 49.4 Å². The summed E-state index contributed by atoms with van der Waals surface area (Å²) in [5.41, 5.74) is 2.45. The molecule has 0 heterocycles. The number of carbonyl (C=O) groups excluding carboxylic acids is 2. The van der Waals surface area contributed by atoms with Gasteiger partial charge in [-0.25, -0.2) is 4.39 Å². The number of hydrogen-bond acceptors (Lipinski definition) is 2. The molecule has 1 N–H and O–H groups in total. The van der Waals surface area contributed by atoms with Gasteiger partial charge in [-0.1, -0.05) is 24.3 Å². The molecule has 1 atom stereocenters. The number of carbonyl (C=O) groups is 2. The van der Waals surface area contributed by atoms with Gasteiger partial charge in [-0.2, -0.15) is 0 Å². The zero-order chi connectivity index (χ0) is 17.7. The summed E-state index contributed by atoms with van der Waals surface area (Å²) in [5.74, 6) is -0.454. The van der Waals surface area contributed by atoms with Crippen molar-refractivity contribution in [1.82, 2.24) is 4.90 Å². The van der Waals surface area contributed by atoms with Gasteiger partial charge >= 0.3 is 0 Å². The molecule has 0 radical (unpaired) electrons. The molecule has 5 heteroatoms. The fourth-order valence-corrected chi connectivity index (χ4v) is 2.39. The molecule has 2 aromatic rings. The zero-order valence-electron chi connectivity index (χ0n) is 14.0. The Labute approximate surface area is 141 Å². The Morgan fingerprint density at radius 1 is 1.08 bits per heavy atom. The molecule has 0 aliphatic rings. The number of benzene rings is 2. The van der Waals surface area contributed by atoms with Crippen LogP contribution in [0.4, 0.5) is 10.1 Å². The summed E-state index contributed by atoms with van der Waals surface area (Å²) in [4.78, 5) is 25.1. The third kappa shape index (κ3) is 4.65. The van der Waals surface area contributed by atoms with Gasteiger partial charge in [0.05, 0.1) is 12.5 Å². The monoisotopic (exact) mass is 328 g/mol. The van der Waals surface area contributed by atoms with Crippen molar-refractivity contribution >= 4 is 17.5 Å². The first kappa shape index (κ1) is 17.7. The van der Waals surface area contributed by atoms with Crippen molar-refractivity contribution in [3.63, 3.8) is 0 Å². The summed E-state index contributed by atoms with van der Waals surface area (Å²) < 4.78 is 13.0. The molecule has 2 rings (SSSR count). The van der Waals surface area contributed by atoms with E-state index in [9.17, 15) is 14.0 Å². The molecule has 0 saturated heterocycles. The van der Waals surface area contributed by atoms with Gasteiger partial charge in [0.25, 0.3) is 0 Å². The lowest BCUT2D eigenvalue weighted by Gasteiger charge is -2.25. The Hall–Kier alpha value is -2.69. The van der Waals surface area contributed by atoms with Gasteiger partial charge in [0.15, 0.2) is 0 Å². The summed E-state index contributed by atoms with van der Waals surface area (Å²) in [6.45, 7) is 3.36. The average Bonchev–Trinajstić information content (AvgIpc) is 2.55. The summed E-state index contributed by atoms with van der Waals surface area (Å²) in [7, 11) is 1.74. The van der Waals surface area contributed by atoms with Gasteiger partial charge in [-0.15, -0.1) is 0 Å². The third-order valence-electron chi connectivity index (χ3n) is 3.96. The molecule has 0 bridgehead atoms. The highest BCUT2D eigenvalue weighted by Gasteiger charge is 2.17. The normalized spacial score (nSPS) is 11.7. The lowest BCUT2D eigenvalue weighted by Crippen LogP contribution is -2.30. The molecule has 4 nitrogen and oxygen atoms in total. The number of rotatable bonds is 5. The fourth-order valence-electron chi connectivity index (χ4n) is 2.39. The van der Waals surface area contributed by atoms with Crippen molar-refractivity contribution < 1.29 is 14.0 Å². The first-order valence-electron chi connectivity index (χ1n) is 7.74. The molecule has 0 spiro atoms. The van der Waals surface area contributed by atoms with Gasteiger partial charge in [0, 0.05) is 19.7 Å². The Kier molecular flexibility index (Phi) is 5.68. The number of nitrogens with one attached hydrogen (secondary N) is 1. The molecular weight excluding hydrogens is 307 g/mol. The maximum Gasteiger partial charge on any atom is 0.227 e. The molecule has 0 aromatic heterocycles. The van der Waals surface area contributed by atoms with Gasteiger partial charge in [-0.05, 0) is 42.3 Å². The van der Waals surface area contributed by atoms with Crippen LogP contribution in [0.25, 0.3) is 0 Å². The van der Waals surface area contributed by atoms with Crippen LogP contribution in [0.5, 0.6) is 0 Å². The minimum absolute atomic E-state index is 0.0286. The first-order chi connectivity index (χ1) is 11.4. The van der Waals surface area contributed by atoms with E-state index in [1.165, 1.54) is 19.1 Å². The van der Waals surface area contributed by atoms with E-state index in [4.69, 9.17) is 0 Å². The van der Waals surface area contributed by atoms with E-state index in [1.54, 1.807) is 36.2 Å². The van der Waals surface area contributed by atoms with Crippen molar-refractivity contribution in [2.24, 2.45) is 0 Å². The van der Waals surface area contributed by atoms with Crippen LogP contribution in [0.1, 0.15) is 31.0 Å². The Morgan fingerprint density at radius 2 is 1.67 bits per heavy atom. The summed E-state index contributed by atoms with van der Waals surface area (Å²) in [6, 6.07) is 13.2. The van der Waals surface area contributed by atoms with Crippen molar-refractivity contribution in [2.45, 2.75) is 26.3 Å². The predicted octanol–water partition coefficient (Wildman–Crippen LogP) is 3.55. The van der Waals surface area contributed by atoms with Gasteiger partial charge in [-0.3, -0.25) is 9.59 Å². The quantitative estimate of drug-likeness (QED) is 0.912. The Balaban J connectivity index is 2.00. The second-order valence-corrected chi connectivity index (χ2v) is 5.79. The van der Waals surface area contributed by atoms with Crippen molar-refractivity contribution in [2.75, 3.05) is 12.4 Å². The van der Waals surface area contributed by atoms with E-state index in [1.807, 2.05) is 19.1 Å². The number of nitrogens with zero attached hydrogens (tertiary/aromatic N) is 1. The number of likely N-dealkylation sites (N-methyl/N-ethyl adjacent to an activating group) is 1. The number of halogens is 1. The lowest BCUT2D eigenvalue weighted by molar-refractivity contribution is -0.131. The predicted molar refractivity (Wildman–Crippen MR) is 92.0 cm³/mol. The summed E-state index contributed by atoms with van der Waals surface area (Å²) >= 11 is 0. The maximum atomic E-state index is 13.0. The highest BCUT2D eigenvalue weighted by molar-refractivity contribution is 5.88. The molecule has 24 heavy (non-hydrogen) atoms. The molecule has 0 unspecified atom stereocenters. The van der Waals surface area contributed by atoms with E-state index in [0.717, 1.165) is 11.1 Å². The number of amides is 2. The number of hydrogen-bond donors (Lipinski definition) is 1. The SMILES string of the molecule is CC(=O)Nc1ccc(CC(=O)N(C)[C@@H](C)c2ccc(F)cc2)cc1. The van der Waals surface area contributed by atoms with Crippen molar-refractivity contribution in [3.8, 4) is 0 Å². The largest absolute Gasteiger partial charge is 0.339 e. The second-order valence-electron chi connectivity index (χ2n) is 5.79. The van der Waals surface area contributed by atoms with E-state index < -0.39 is 0 Å². The highest BCUT2D eigenvalue weighted by Crippen LogP contribution is 2.20. The van der Waals surface area contributed by atoms with E-state index in [-0.39, 0.29) is 30.1 Å². The molecule has 0 saturated carbocycles. The Bertz CT molecular complexity index is 711. The zero-order valence-corrected chi connectivity index (χ0v) is 14.0. The average molecular weight is 328 g/mol. The van der Waals surface area contributed by atoms with Crippen molar-refractivity contribution in [3.05, 3.63) is 65.5 Å². The van der Waals surface area contributed by atoms with Gasteiger partial charge in [0.1, 0.15) is 5.82 Å². The summed E-state index contributed by atoms with van der Waals surface area (Å²) in [5, 5.41) is 2.69. The first-order valence-corrected chi connectivity index (χ1v) is 7.74. The standard InChI is InChI=1S/C19H21FN2O2/c1-13(16-6-8-17(20)9-7-16)22(3)19(24)12-15-4-10-18(11-5-15)21-14(2)23/h4-11,13H,12H2,1-3H3,(H,21,23)/t13-/m0/s1. The molecule has 126 valence electrons. The lowest BCUT2D eigenvalue weighted by atomic mass is 10.1. The van der Waals surface area contributed by atoms with E-state index in [0.29, 0.717) is 5.69 Å². The van der Waals surface area contributed by atoms with Crippen LogP contribution in [0.3, 0.4) is 0 Å². The molecule has 0 aliphatic heterocycles. The molecule has 2 amide bonds. The molecule has 0 fully saturated rings. The van der Waals surface area contributed by atoms with Crippen molar-refractivity contribution in [1.29, 1.82) is 0 Å². The minimum Gasteiger partial charge on any atom is -0.339 e. The van der Waals surface area contributed by atoms with Crippen LogP contribution >= 0.6 is 0 Å². The highest BCUT2D eigenvalue weighted by atomic mass is 19.1. The third-order valence-corrected chi connectivity index (χ3v) is 3.96. The van der Waals surface area contributed by atoms with E-state index in [2.05, 4.69) is 5.32 Å². The van der Waals surface area contributed by atoms with Gasteiger partial charge < -0.3 is 10.2 Å². The Morgan fingerprint density at radius 3 is 2.21 bits per heavy atom. The van der Waals surface area contributed by atoms with Crippen LogP contribution in [0, 0.1) is 5.82 Å². The molecule has 2 aromatic carbocycles. The van der Waals surface area contributed by atoms with Crippen LogP contribution in [0.2, 0.25) is 0 Å². The smallest absolute Gasteiger partial charge is 0.227 e. The summed E-state index contributed by atoms with van der Waals surface area (Å²) in [6.07, 6.45) is 0.266. The van der Waals surface area contributed by atoms with E-state index >= 15 is 0 Å². The van der Waals surface area contributed by atoms with Crippen LogP contribution in [-0.4, -0.2) is 23.8 Å². The fraction of sp³-hybridized carbons (Fsp3) is 0.263. The van der Waals surface area contributed by atoms with Crippen LogP contribution in [-0.2, 0) is 16.0 Å². The minimum atomic E-state index is -0.292. The molecular formula is C19H21FN2O2. The van der Waals surface area contributed by atoms with Crippen LogP contribution < -0.4 is 5.32 Å². The molecule has 0 aliphatic carbocycles. The number of anilines is 1. The second kappa shape index (κ2) is 7.73. The van der Waals surface area contributed by atoms with Gasteiger partial charge in [0.2, 0.25) is 11.8 Å². The maximum absolute atomic E-state index is 13.0.